The summed E-state index contributed by atoms with van der Waals surface area (Å²) in [6.45, 7) is 1.38. The van der Waals surface area contributed by atoms with Gasteiger partial charge in [-0.05, 0) is 22.4 Å². The van der Waals surface area contributed by atoms with Crippen LogP contribution in [0.25, 0.3) is 0 Å². The minimum atomic E-state index is -0.0695. The van der Waals surface area contributed by atoms with E-state index in [1.165, 1.54) is 0 Å². The molecule has 1 aliphatic rings. The third-order valence-corrected chi connectivity index (χ3v) is 3.06. The van der Waals surface area contributed by atoms with E-state index in [-0.39, 0.29) is 18.4 Å². The molecule has 0 aliphatic carbocycles. The van der Waals surface area contributed by atoms with Crippen molar-refractivity contribution in [3.8, 4) is 0 Å². The molecular formula is C10H12N2O2S. The number of hydrogen-bond acceptors (Lipinski definition) is 3. The number of thiophene rings is 1. The molecular weight excluding hydrogens is 212 g/mol. The molecule has 2 amide bonds. The molecule has 4 nitrogen and oxygen atoms in total. The fraction of sp³-hybridized carbons (Fsp3) is 0.400. The lowest BCUT2D eigenvalue weighted by molar-refractivity contribution is -0.137. The molecule has 1 fully saturated rings. The van der Waals surface area contributed by atoms with Gasteiger partial charge in [-0.1, -0.05) is 0 Å². The minimum absolute atomic E-state index is 0.0308. The van der Waals surface area contributed by atoms with Crippen LogP contribution in [0.1, 0.15) is 5.56 Å². The van der Waals surface area contributed by atoms with Crippen LogP contribution in [0.4, 0.5) is 0 Å². The fourth-order valence-electron chi connectivity index (χ4n) is 1.53. The standard InChI is InChI=1S/C10H12N2O2S/c13-9-6-12(3-2-11-9)10(14)5-8-1-4-15-7-8/h1,4,7H,2-3,5-6H2,(H,11,13). The third kappa shape index (κ3) is 2.56. The van der Waals surface area contributed by atoms with Crippen LogP contribution in [-0.2, 0) is 16.0 Å². The van der Waals surface area contributed by atoms with Crippen molar-refractivity contribution in [3.05, 3.63) is 22.4 Å². The molecule has 0 bridgehead atoms. The first-order chi connectivity index (χ1) is 7.25. The Kier molecular flexibility index (Phi) is 3.01. The van der Waals surface area contributed by atoms with Crippen LogP contribution >= 0.6 is 11.3 Å². The van der Waals surface area contributed by atoms with Gasteiger partial charge in [-0.3, -0.25) is 9.59 Å². The summed E-state index contributed by atoms with van der Waals surface area (Å²) in [6, 6.07) is 1.94. The molecule has 1 saturated heterocycles. The molecule has 0 saturated carbocycles. The average molecular weight is 224 g/mol. The van der Waals surface area contributed by atoms with Crippen molar-refractivity contribution in [3.63, 3.8) is 0 Å². The Morgan fingerprint density at radius 3 is 3.13 bits per heavy atom. The number of amides is 2. The molecule has 0 unspecified atom stereocenters. The second-order valence-electron chi connectivity index (χ2n) is 3.47. The summed E-state index contributed by atoms with van der Waals surface area (Å²) in [5, 5.41) is 6.61. The summed E-state index contributed by atoms with van der Waals surface area (Å²) in [4.78, 5) is 24.4. The Balaban J connectivity index is 1.93. The number of nitrogens with one attached hydrogen (secondary N) is 1. The molecule has 80 valence electrons. The zero-order valence-electron chi connectivity index (χ0n) is 8.23. The number of rotatable bonds is 2. The van der Waals surface area contributed by atoms with Crippen molar-refractivity contribution in [1.82, 2.24) is 10.2 Å². The Morgan fingerprint density at radius 2 is 2.47 bits per heavy atom. The van der Waals surface area contributed by atoms with Crippen LogP contribution in [0.2, 0.25) is 0 Å². The molecule has 1 aromatic heterocycles. The monoisotopic (exact) mass is 224 g/mol. The molecule has 5 heteroatoms. The van der Waals surface area contributed by atoms with E-state index in [2.05, 4.69) is 5.32 Å². The van der Waals surface area contributed by atoms with E-state index < -0.39 is 0 Å². The highest BCUT2D eigenvalue weighted by atomic mass is 32.1. The quantitative estimate of drug-likeness (QED) is 0.783. The van der Waals surface area contributed by atoms with Crippen molar-refractivity contribution in [2.45, 2.75) is 6.42 Å². The van der Waals surface area contributed by atoms with E-state index in [4.69, 9.17) is 0 Å². The normalized spacial score (nSPS) is 16.3. The van der Waals surface area contributed by atoms with Gasteiger partial charge < -0.3 is 10.2 Å². The molecule has 0 aromatic carbocycles. The molecule has 2 rings (SSSR count). The van der Waals surface area contributed by atoms with Crippen LogP contribution < -0.4 is 5.32 Å². The SMILES string of the molecule is O=C1CN(C(=O)Cc2ccsc2)CCN1. The number of hydrogen-bond donors (Lipinski definition) is 1. The number of piperazine rings is 1. The van der Waals surface area contributed by atoms with Crippen LogP contribution in [-0.4, -0.2) is 36.3 Å². The maximum Gasteiger partial charge on any atom is 0.239 e. The minimum Gasteiger partial charge on any atom is -0.353 e. The molecule has 1 aliphatic heterocycles. The number of carbonyl (C=O) groups excluding carboxylic acids is 2. The Hall–Kier alpha value is -1.36. The Labute approximate surface area is 91.9 Å². The lowest BCUT2D eigenvalue weighted by atomic mass is 10.2. The molecule has 15 heavy (non-hydrogen) atoms. The number of carbonyl (C=O) groups is 2. The summed E-state index contributed by atoms with van der Waals surface area (Å²) in [7, 11) is 0. The highest BCUT2D eigenvalue weighted by Crippen LogP contribution is 2.08. The maximum atomic E-state index is 11.8. The van der Waals surface area contributed by atoms with Crippen molar-refractivity contribution >= 4 is 23.2 Å². The molecule has 1 aromatic rings. The van der Waals surface area contributed by atoms with Gasteiger partial charge in [-0.15, -0.1) is 0 Å². The predicted molar refractivity (Wildman–Crippen MR) is 57.6 cm³/mol. The molecule has 0 radical (unpaired) electrons. The van der Waals surface area contributed by atoms with Gasteiger partial charge in [0, 0.05) is 13.1 Å². The van der Waals surface area contributed by atoms with Gasteiger partial charge in [-0.25, -0.2) is 0 Å². The van der Waals surface area contributed by atoms with Crippen LogP contribution in [0.5, 0.6) is 0 Å². The van der Waals surface area contributed by atoms with Gasteiger partial charge in [-0.2, -0.15) is 11.3 Å². The van der Waals surface area contributed by atoms with E-state index in [9.17, 15) is 9.59 Å². The van der Waals surface area contributed by atoms with Crippen LogP contribution in [0.15, 0.2) is 16.8 Å². The van der Waals surface area contributed by atoms with Crippen molar-refractivity contribution in [2.75, 3.05) is 19.6 Å². The van der Waals surface area contributed by atoms with Crippen LogP contribution in [0.3, 0.4) is 0 Å². The zero-order chi connectivity index (χ0) is 10.7. The fourth-order valence-corrected chi connectivity index (χ4v) is 2.20. The highest BCUT2D eigenvalue weighted by molar-refractivity contribution is 7.07. The smallest absolute Gasteiger partial charge is 0.239 e. The molecule has 1 N–H and O–H groups in total. The van der Waals surface area contributed by atoms with Gasteiger partial charge in [0.15, 0.2) is 0 Å². The lowest BCUT2D eigenvalue weighted by Crippen LogP contribution is -2.50. The van der Waals surface area contributed by atoms with Gasteiger partial charge >= 0.3 is 0 Å². The van der Waals surface area contributed by atoms with E-state index in [1.807, 2.05) is 16.8 Å². The topological polar surface area (TPSA) is 49.4 Å². The van der Waals surface area contributed by atoms with Gasteiger partial charge in [0.2, 0.25) is 11.8 Å². The first-order valence-electron chi connectivity index (χ1n) is 4.81. The zero-order valence-corrected chi connectivity index (χ0v) is 9.05. The number of nitrogens with zero attached hydrogens (tertiary/aromatic N) is 1. The second kappa shape index (κ2) is 4.44. The van der Waals surface area contributed by atoms with Crippen molar-refractivity contribution in [1.29, 1.82) is 0 Å². The highest BCUT2D eigenvalue weighted by Gasteiger charge is 2.20. The van der Waals surface area contributed by atoms with E-state index in [1.54, 1.807) is 16.2 Å². The summed E-state index contributed by atoms with van der Waals surface area (Å²) in [5.41, 5.74) is 1.02. The maximum absolute atomic E-state index is 11.8. The third-order valence-electron chi connectivity index (χ3n) is 2.33. The van der Waals surface area contributed by atoms with E-state index in [0.717, 1.165) is 5.56 Å². The Morgan fingerprint density at radius 1 is 1.60 bits per heavy atom. The summed E-state index contributed by atoms with van der Waals surface area (Å²) < 4.78 is 0. The van der Waals surface area contributed by atoms with Gasteiger partial charge in [0.05, 0.1) is 13.0 Å². The molecule has 0 atom stereocenters. The second-order valence-corrected chi connectivity index (χ2v) is 4.25. The van der Waals surface area contributed by atoms with E-state index >= 15 is 0 Å². The molecule has 0 spiro atoms. The first-order valence-corrected chi connectivity index (χ1v) is 5.75. The summed E-state index contributed by atoms with van der Waals surface area (Å²) in [6.07, 6.45) is 0.400. The first kappa shape index (κ1) is 10.2. The van der Waals surface area contributed by atoms with Gasteiger partial charge in [0.25, 0.3) is 0 Å². The van der Waals surface area contributed by atoms with E-state index in [0.29, 0.717) is 19.5 Å². The van der Waals surface area contributed by atoms with Crippen LogP contribution in [0, 0.1) is 0 Å². The summed E-state index contributed by atoms with van der Waals surface area (Å²) in [5.74, 6) is -0.0387. The molecule has 2 heterocycles. The van der Waals surface area contributed by atoms with Crippen molar-refractivity contribution in [2.24, 2.45) is 0 Å². The van der Waals surface area contributed by atoms with Crippen molar-refractivity contribution < 1.29 is 9.59 Å². The Bertz CT molecular complexity index is 362. The summed E-state index contributed by atoms with van der Waals surface area (Å²) >= 11 is 1.58. The lowest BCUT2D eigenvalue weighted by Gasteiger charge is -2.26. The predicted octanol–water partition coefficient (Wildman–Crippen LogP) is 0.249. The van der Waals surface area contributed by atoms with Gasteiger partial charge in [0.1, 0.15) is 0 Å². The largest absolute Gasteiger partial charge is 0.353 e. The average Bonchev–Trinajstić information content (AvgIpc) is 2.70.